The van der Waals surface area contributed by atoms with Crippen molar-refractivity contribution in [2.45, 2.75) is 26.2 Å². The van der Waals surface area contributed by atoms with E-state index in [2.05, 4.69) is 15.5 Å². The fraction of sp³-hybridized carbons (Fsp3) is 0.357. The van der Waals surface area contributed by atoms with Crippen LogP contribution in [0.1, 0.15) is 23.9 Å². The van der Waals surface area contributed by atoms with E-state index >= 15 is 0 Å². The van der Waals surface area contributed by atoms with Crippen molar-refractivity contribution in [2.75, 3.05) is 12.1 Å². The first-order valence-electron chi connectivity index (χ1n) is 6.75. The zero-order chi connectivity index (χ0) is 14.7. The van der Waals surface area contributed by atoms with Crippen LogP contribution in [0, 0.1) is 0 Å². The first kappa shape index (κ1) is 13.8. The number of aromatic nitrogens is 2. The standard InChI is InChI=1S/C14H15N3O3S/c1-2-13-16-17-14(21-13)15-12(18)6-4-9-3-5-10-11(7-9)20-8-19-10/h3,5,7H,2,4,6,8H2,1H3,(H,15,17,18). The van der Waals surface area contributed by atoms with Crippen LogP contribution in [0.5, 0.6) is 11.5 Å². The minimum atomic E-state index is -0.0635. The van der Waals surface area contributed by atoms with Crippen molar-refractivity contribution in [3.63, 3.8) is 0 Å². The molecule has 0 fully saturated rings. The van der Waals surface area contributed by atoms with Gasteiger partial charge >= 0.3 is 0 Å². The van der Waals surface area contributed by atoms with Crippen molar-refractivity contribution in [3.05, 3.63) is 28.8 Å². The summed E-state index contributed by atoms with van der Waals surface area (Å²) in [6.07, 6.45) is 1.85. The molecule has 6 nitrogen and oxygen atoms in total. The van der Waals surface area contributed by atoms with Gasteiger partial charge in [-0.2, -0.15) is 0 Å². The van der Waals surface area contributed by atoms with E-state index < -0.39 is 0 Å². The highest BCUT2D eigenvalue weighted by molar-refractivity contribution is 7.15. The minimum absolute atomic E-state index is 0.0635. The maximum atomic E-state index is 11.9. The summed E-state index contributed by atoms with van der Waals surface area (Å²) in [6, 6.07) is 5.73. The van der Waals surface area contributed by atoms with E-state index in [-0.39, 0.29) is 12.7 Å². The number of benzene rings is 1. The molecule has 21 heavy (non-hydrogen) atoms. The predicted octanol–water partition coefficient (Wildman–Crippen LogP) is 2.40. The molecule has 110 valence electrons. The second-order valence-electron chi connectivity index (χ2n) is 4.59. The normalized spacial score (nSPS) is 12.4. The summed E-state index contributed by atoms with van der Waals surface area (Å²) >= 11 is 1.41. The number of anilines is 1. The molecule has 7 heteroatoms. The lowest BCUT2D eigenvalue weighted by Gasteiger charge is -2.03. The van der Waals surface area contributed by atoms with Gasteiger partial charge in [0.2, 0.25) is 17.8 Å². The van der Waals surface area contributed by atoms with Gasteiger partial charge in [-0.05, 0) is 30.5 Å². The summed E-state index contributed by atoms with van der Waals surface area (Å²) < 4.78 is 10.6. The van der Waals surface area contributed by atoms with Gasteiger partial charge in [0.05, 0.1) is 0 Å². The fourth-order valence-electron chi connectivity index (χ4n) is 1.98. The maximum Gasteiger partial charge on any atom is 0.231 e. The van der Waals surface area contributed by atoms with Crippen LogP contribution in [-0.2, 0) is 17.6 Å². The molecule has 0 bridgehead atoms. The van der Waals surface area contributed by atoms with Gasteiger partial charge in [0.25, 0.3) is 0 Å². The second-order valence-corrected chi connectivity index (χ2v) is 5.65. The lowest BCUT2D eigenvalue weighted by Crippen LogP contribution is -2.12. The largest absolute Gasteiger partial charge is 0.454 e. The molecule has 1 aromatic carbocycles. The Labute approximate surface area is 126 Å². The summed E-state index contributed by atoms with van der Waals surface area (Å²) in [7, 11) is 0. The predicted molar refractivity (Wildman–Crippen MR) is 78.8 cm³/mol. The van der Waals surface area contributed by atoms with E-state index in [9.17, 15) is 4.79 Å². The fourth-order valence-corrected chi connectivity index (χ4v) is 2.68. The summed E-state index contributed by atoms with van der Waals surface area (Å²) in [5, 5.41) is 12.1. The highest BCUT2D eigenvalue weighted by atomic mass is 32.1. The molecule has 2 heterocycles. The number of aryl methyl sites for hydroxylation is 2. The third-order valence-electron chi connectivity index (χ3n) is 3.09. The Balaban J connectivity index is 1.53. The molecular weight excluding hydrogens is 290 g/mol. The number of rotatable bonds is 5. The number of carbonyl (C=O) groups is 1. The third kappa shape index (κ3) is 3.30. The van der Waals surface area contributed by atoms with Gasteiger partial charge in [-0.1, -0.05) is 24.3 Å². The van der Waals surface area contributed by atoms with E-state index in [1.807, 2.05) is 25.1 Å². The van der Waals surface area contributed by atoms with Crippen LogP contribution in [0.2, 0.25) is 0 Å². The Bertz CT molecular complexity index is 657. The maximum absolute atomic E-state index is 11.9. The Kier molecular flexibility index (Phi) is 4.01. The Morgan fingerprint density at radius 2 is 2.19 bits per heavy atom. The zero-order valence-electron chi connectivity index (χ0n) is 11.6. The van der Waals surface area contributed by atoms with Gasteiger partial charge in [0, 0.05) is 6.42 Å². The molecule has 1 N–H and O–H groups in total. The zero-order valence-corrected chi connectivity index (χ0v) is 12.4. The van der Waals surface area contributed by atoms with Crippen molar-refractivity contribution in [1.29, 1.82) is 0 Å². The average Bonchev–Trinajstić information content (AvgIpc) is 3.13. The average molecular weight is 305 g/mol. The molecule has 0 aliphatic carbocycles. The van der Waals surface area contributed by atoms with Crippen LogP contribution in [0.4, 0.5) is 5.13 Å². The lowest BCUT2D eigenvalue weighted by atomic mass is 10.1. The summed E-state index contributed by atoms with van der Waals surface area (Å²) in [5.74, 6) is 1.43. The molecule has 3 rings (SSSR count). The van der Waals surface area contributed by atoms with E-state index in [0.717, 1.165) is 28.5 Å². The van der Waals surface area contributed by atoms with Crippen LogP contribution < -0.4 is 14.8 Å². The van der Waals surface area contributed by atoms with Crippen molar-refractivity contribution in [1.82, 2.24) is 10.2 Å². The number of carbonyl (C=O) groups excluding carboxylic acids is 1. The first-order chi connectivity index (χ1) is 10.2. The molecule has 1 aromatic heterocycles. The topological polar surface area (TPSA) is 73.3 Å². The molecular formula is C14H15N3O3S. The van der Waals surface area contributed by atoms with E-state index in [1.54, 1.807) is 0 Å². The molecule has 2 aromatic rings. The third-order valence-corrected chi connectivity index (χ3v) is 4.08. The van der Waals surface area contributed by atoms with Crippen molar-refractivity contribution in [2.24, 2.45) is 0 Å². The molecule has 0 radical (unpaired) electrons. The number of hydrogen-bond acceptors (Lipinski definition) is 6. The first-order valence-corrected chi connectivity index (χ1v) is 7.57. The Morgan fingerprint density at radius 3 is 3.00 bits per heavy atom. The summed E-state index contributed by atoms with van der Waals surface area (Å²) in [5.41, 5.74) is 1.04. The van der Waals surface area contributed by atoms with Gasteiger partial charge in [-0.25, -0.2) is 0 Å². The van der Waals surface area contributed by atoms with Gasteiger partial charge < -0.3 is 14.8 Å². The molecule has 1 aliphatic heterocycles. The van der Waals surface area contributed by atoms with Gasteiger partial charge in [-0.15, -0.1) is 10.2 Å². The molecule has 1 amide bonds. The van der Waals surface area contributed by atoms with Gasteiger partial charge in [0.15, 0.2) is 11.5 Å². The van der Waals surface area contributed by atoms with E-state index in [1.165, 1.54) is 11.3 Å². The molecule has 0 atom stereocenters. The van der Waals surface area contributed by atoms with E-state index in [4.69, 9.17) is 9.47 Å². The highest BCUT2D eigenvalue weighted by Crippen LogP contribution is 2.32. The van der Waals surface area contributed by atoms with Crippen molar-refractivity contribution in [3.8, 4) is 11.5 Å². The molecule has 0 saturated carbocycles. The molecule has 0 spiro atoms. The highest BCUT2D eigenvalue weighted by Gasteiger charge is 2.14. The lowest BCUT2D eigenvalue weighted by molar-refractivity contribution is -0.116. The molecule has 0 saturated heterocycles. The Hall–Kier alpha value is -2.15. The molecule has 0 unspecified atom stereocenters. The number of nitrogens with zero attached hydrogens (tertiary/aromatic N) is 2. The Morgan fingerprint density at radius 1 is 1.33 bits per heavy atom. The smallest absolute Gasteiger partial charge is 0.231 e. The molecule has 1 aliphatic rings. The summed E-state index contributed by atoms with van der Waals surface area (Å²) in [6.45, 7) is 2.27. The van der Waals surface area contributed by atoms with Crippen LogP contribution in [0.3, 0.4) is 0 Å². The van der Waals surface area contributed by atoms with Crippen LogP contribution in [-0.4, -0.2) is 22.9 Å². The number of fused-ring (bicyclic) bond motifs is 1. The van der Waals surface area contributed by atoms with Crippen LogP contribution in [0.25, 0.3) is 0 Å². The summed E-state index contributed by atoms with van der Waals surface area (Å²) in [4.78, 5) is 11.9. The number of nitrogens with one attached hydrogen (secondary N) is 1. The van der Waals surface area contributed by atoms with Gasteiger partial charge in [-0.3, -0.25) is 4.79 Å². The van der Waals surface area contributed by atoms with E-state index in [0.29, 0.717) is 18.0 Å². The number of hydrogen-bond donors (Lipinski definition) is 1. The monoisotopic (exact) mass is 305 g/mol. The van der Waals surface area contributed by atoms with Crippen LogP contribution in [0.15, 0.2) is 18.2 Å². The number of amides is 1. The van der Waals surface area contributed by atoms with Gasteiger partial charge in [0.1, 0.15) is 5.01 Å². The van der Waals surface area contributed by atoms with Crippen LogP contribution >= 0.6 is 11.3 Å². The number of ether oxygens (including phenoxy) is 2. The quantitative estimate of drug-likeness (QED) is 0.918. The SMILES string of the molecule is CCc1nnc(NC(=O)CCc2ccc3c(c2)OCO3)s1. The second kappa shape index (κ2) is 6.09. The van der Waals surface area contributed by atoms with Crippen molar-refractivity contribution >= 4 is 22.4 Å². The van der Waals surface area contributed by atoms with Crippen molar-refractivity contribution < 1.29 is 14.3 Å². The minimum Gasteiger partial charge on any atom is -0.454 e.